The molecule has 1 unspecified atom stereocenters. The maximum atomic E-state index is 11.4. The third-order valence-corrected chi connectivity index (χ3v) is 3.37. The summed E-state index contributed by atoms with van der Waals surface area (Å²) in [6, 6.07) is 7.25. The van der Waals surface area contributed by atoms with Crippen molar-refractivity contribution in [3.63, 3.8) is 0 Å². The predicted octanol–water partition coefficient (Wildman–Crippen LogP) is 2.38. The van der Waals surface area contributed by atoms with Crippen LogP contribution in [0.3, 0.4) is 0 Å². The monoisotopic (exact) mass is 230 g/mol. The van der Waals surface area contributed by atoms with Crippen LogP contribution in [0.2, 0.25) is 0 Å². The lowest BCUT2D eigenvalue weighted by molar-refractivity contribution is -0.141. The largest absolute Gasteiger partial charge is 0.480 e. The zero-order chi connectivity index (χ0) is 12.0. The summed E-state index contributed by atoms with van der Waals surface area (Å²) < 4.78 is 1.87. The van der Waals surface area contributed by atoms with Crippen LogP contribution in [-0.4, -0.2) is 20.6 Å². The predicted molar refractivity (Wildman–Crippen MR) is 63.9 cm³/mol. The molecule has 0 spiro atoms. The first-order chi connectivity index (χ1) is 8.18. The topological polar surface area (TPSA) is 55.1 Å². The Hall–Kier alpha value is -1.84. The maximum Gasteiger partial charge on any atom is 0.327 e. The van der Waals surface area contributed by atoms with Crippen molar-refractivity contribution in [2.75, 3.05) is 0 Å². The first-order valence-electron chi connectivity index (χ1n) is 5.85. The fourth-order valence-electron chi connectivity index (χ4n) is 2.45. The lowest BCUT2D eigenvalue weighted by Crippen LogP contribution is -2.22. The van der Waals surface area contributed by atoms with Crippen molar-refractivity contribution in [3.05, 3.63) is 30.1 Å². The van der Waals surface area contributed by atoms with E-state index in [1.54, 1.807) is 0 Å². The molecule has 1 aliphatic carbocycles. The van der Waals surface area contributed by atoms with E-state index in [1.807, 2.05) is 35.8 Å². The van der Waals surface area contributed by atoms with Gasteiger partial charge >= 0.3 is 5.97 Å². The van der Waals surface area contributed by atoms with Gasteiger partial charge in [0.1, 0.15) is 11.9 Å². The molecule has 1 heterocycles. The number of fused-ring (bicyclic) bond motifs is 1. The van der Waals surface area contributed by atoms with Gasteiger partial charge in [0.15, 0.2) is 0 Å². The molecule has 0 amide bonds. The maximum absolute atomic E-state index is 11.4. The molecule has 1 saturated carbocycles. The molecular formula is C13H14N2O2. The Morgan fingerprint density at radius 2 is 2.18 bits per heavy atom. The number of para-hydroxylation sites is 2. The third-order valence-electron chi connectivity index (χ3n) is 3.37. The van der Waals surface area contributed by atoms with Crippen LogP contribution in [0.4, 0.5) is 0 Å². The Morgan fingerprint density at radius 1 is 1.47 bits per heavy atom. The summed E-state index contributed by atoms with van der Waals surface area (Å²) in [6.45, 7) is 1.87. The normalized spacial score (nSPS) is 17.2. The molecule has 4 heteroatoms. The van der Waals surface area contributed by atoms with Crippen LogP contribution >= 0.6 is 0 Å². The van der Waals surface area contributed by atoms with Gasteiger partial charge in [-0.15, -0.1) is 0 Å². The fraction of sp³-hybridized carbons (Fsp3) is 0.385. The van der Waals surface area contributed by atoms with Crippen molar-refractivity contribution in [2.45, 2.75) is 25.8 Å². The van der Waals surface area contributed by atoms with E-state index in [0.29, 0.717) is 0 Å². The van der Waals surface area contributed by atoms with Crippen molar-refractivity contribution < 1.29 is 9.90 Å². The standard InChI is InChI=1S/C13H14N2O2/c1-8-14-10-4-2-3-5-11(10)15(8)12(13(16)17)9-6-7-9/h2-5,9,12H,6-7H2,1H3,(H,16,17). The van der Waals surface area contributed by atoms with Gasteiger partial charge in [0.25, 0.3) is 0 Å². The number of aryl methyl sites for hydroxylation is 1. The molecule has 2 aromatic rings. The van der Waals surface area contributed by atoms with Crippen LogP contribution in [-0.2, 0) is 4.79 Å². The molecule has 1 aromatic heterocycles. The van der Waals surface area contributed by atoms with Crippen molar-refractivity contribution in [2.24, 2.45) is 5.92 Å². The summed E-state index contributed by atoms with van der Waals surface area (Å²) in [5.41, 5.74) is 1.79. The zero-order valence-corrected chi connectivity index (χ0v) is 9.63. The number of carboxylic acid groups (broad SMARTS) is 1. The highest BCUT2D eigenvalue weighted by atomic mass is 16.4. The molecule has 17 heavy (non-hydrogen) atoms. The summed E-state index contributed by atoms with van der Waals surface area (Å²) in [5, 5.41) is 9.39. The molecule has 0 aliphatic heterocycles. The Labute approximate surface area is 98.9 Å². The Kier molecular flexibility index (Phi) is 2.18. The van der Waals surface area contributed by atoms with E-state index in [9.17, 15) is 9.90 Å². The van der Waals surface area contributed by atoms with Crippen LogP contribution < -0.4 is 0 Å². The van der Waals surface area contributed by atoms with Crippen molar-refractivity contribution >= 4 is 17.0 Å². The van der Waals surface area contributed by atoms with E-state index in [4.69, 9.17) is 0 Å². The Bertz CT molecular complexity index is 584. The number of carbonyl (C=O) groups is 1. The van der Waals surface area contributed by atoms with Gasteiger partial charge < -0.3 is 9.67 Å². The molecule has 1 N–H and O–H groups in total. The third kappa shape index (κ3) is 1.60. The summed E-state index contributed by atoms with van der Waals surface area (Å²) in [5.74, 6) is 0.299. The number of rotatable bonds is 3. The molecule has 0 bridgehead atoms. The SMILES string of the molecule is Cc1nc2ccccc2n1C(C(=O)O)C1CC1. The van der Waals surface area contributed by atoms with Crippen LogP contribution in [0.25, 0.3) is 11.0 Å². The van der Waals surface area contributed by atoms with Crippen LogP contribution in [0.5, 0.6) is 0 Å². The highest BCUT2D eigenvalue weighted by Gasteiger charge is 2.38. The molecule has 88 valence electrons. The number of hydrogen-bond donors (Lipinski definition) is 1. The lowest BCUT2D eigenvalue weighted by Gasteiger charge is -2.15. The molecular weight excluding hydrogens is 216 g/mol. The summed E-state index contributed by atoms with van der Waals surface area (Å²) in [4.78, 5) is 15.9. The second kappa shape index (κ2) is 3.58. The van der Waals surface area contributed by atoms with Crippen LogP contribution in [0.15, 0.2) is 24.3 Å². The number of benzene rings is 1. The van der Waals surface area contributed by atoms with Crippen molar-refractivity contribution in [1.29, 1.82) is 0 Å². The zero-order valence-electron chi connectivity index (χ0n) is 9.63. The van der Waals surface area contributed by atoms with E-state index >= 15 is 0 Å². The second-order valence-electron chi connectivity index (χ2n) is 4.64. The van der Waals surface area contributed by atoms with Gasteiger partial charge in [0.2, 0.25) is 0 Å². The minimum absolute atomic E-state index is 0.267. The molecule has 0 saturated heterocycles. The van der Waals surface area contributed by atoms with E-state index in [0.717, 1.165) is 29.7 Å². The molecule has 3 rings (SSSR count). The van der Waals surface area contributed by atoms with Gasteiger partial charge in [-0.25, -0.2) is 9.78 Å². The van der Waals surface area contributed by atoms with E-state index in [2.05, 4.69) is 4.98 Å². The van der Waals surface area contributed by atoms with Gasteiger partial charge in [0, 0.05) is 0 Å². The second-order valence-corrected chi connectivity index (χ2v) is 4.64. The first-order valence-corrected chi connectivity index (χ1v) is 5.85. The van der Waals surface area contributed by atoms with E-state index < -0.39 is 12.0 Å². The van der Waals surface area contributed by atoms with E-state index in [-0.39, 0.29) is 5.92 Å². The fourth-order valence-corrected chi connectivity index (χ4v) is 2.45. The highest BCUT2D eigenvalue weighted by Crippen LogP contribution is 2.41. The highest BCUT2D eigenvalue weighted by molar-refractivity contribution is 5.80. The number of nitrogens with zero attached hydrogens (tertiary/aromatic N) is 2. The average Bonchev–Trinajstić information content (AvgIpc) is 3.05. The van der Waals surface area contributed by atoms with Gasteiger partial charge in [-0.1, -0.05) is 12.1 Å². The summed E-state index contributed by atoms with van der Waals surface area (Å²) in [7, 11) is 0. The van der Waals surface area contributed by atoms with Crippen molar-refractivity contribution in [1.82, 2.24) is 9.55 Å². The average molecular weight is 230 g/mol. The van der Waals surface area contributed by atoms with E-state index in [1.165, 1.54) is 0 Å². The molecule has 1 fully saturated rings. The summed E-state index contributed by atoms with van der Waals surface area (Å²) >= 11 is 0. The molecule has 4 nitrogen and oxygen atoms in total. The number of aliphatic carboxylic acids is 1. The van der Waals surface area contributed by atoms with Crippen LogP contribution in [0, 0.1) is 12.8 Å². The van der Waals surface area contributed by atoms with Gasteiger partial charge in [-0.05, 0) is 37.8 Å². The number of imidazole rings is 1. The minimum Gasteiger partial charge on any atom is -0.480 e. The van der Waals surface area contributed by atoms with Gasteiger partial charge in [0.05, 0.1) is 11.0 Å². The quantitative estimate of drug-likeness (QED) is 0.880. The first kappa shape index (κ1) is 10.3. The Morgan fingerprint density at radius 3 is 2.82 bits per heavy atom. The number of carboxylic acids is 1. The van der Waals surface area contributed by atoms with Gasteiger partial charge in [-0.3, -0.25) is 0 Å². The molecule has 1 atom stereocenters. The van der Waals surface area contributed by atoms with Gasteiger partial charge in [-0.2, -0.15) is 0 Å². The molecule has 1 aromatic carbocycles. The number of hydrogen-bond acceptors (Lipinski definition) is 2. The Balaban J connectivity index is 2.20. The van der Waals surface area contributed by atoms with Crippen molar-refractivity contribution in [3.8, 4) is 0 Å². The molecule has 0 radical (unpaired) electrons. The molecule has 1 aliphatic rings. The minimum atomic E-state index is -0.751. The summed E-state index contributed by atoms with van der Waals surface area (Å²) in [6.07, 6.45) is 2.01. The van der Waals surface area contributed by atoms with Crippen LogP contribution in [0.1, 0.15) is 24.7 Å². The lowest BCUT2D eigenvalue weighted by atomic mass is 10.1. The smallest absolute Gasteiger partial charge is 0.327 e. The number of aromatic nitrogens is 2.